The van der Waals surface area contributed by atoms with Crippen LogP contribution in [0.4, 0.5) is 0 Å². The van der Waals surface area contributed by atoms with Gasteiger partial charge in [-0.1, -0.05) is 115 Å². The molecule has 0 saturated carbocycles. The summed E-state index contributed by atoms with van der Waals surface area (Å²) in [5.74, 6) is 0. The summed E-state index contributed by atoms with van der Waals surface area (Å²) in [6.07, 6.45) is 0. The predicted octanol–water partition coefficient (Wildman–Crippen LogP) is 11.1. The minimum atomic E-state index is 0.640. The molecule has 3 nitrogen and oxygen atoms in total. The smallest absolute Gasteiger partial charge is 0.0991 e. The van der Waals surface area contributed by atoms with Gasteiger partial charge in [0.1, 0.15) is 0 Å². The molecule has 0 radical (unpaired) electrons. The van der Waals surface area contributed by atoms with Crippen LogP contribution in [0.25, 0.3) is 77.2 Å². The van der Waals surface area contributed by atoms with Gasteiger partial charge in [0, 0.05) is 32.7 Å². The minimum Gasteiger partial charge on any atom is -0.309 e. The summed E-state index contributed by atoms with van der Waals surface area (Å²) in [4.78, 5) is 0. The Hall–Kier alpha value is -6.37. The lowest BCUT2D eigenvalue weighted by atomic mass is 9.91. The lowest BCUT2D eigenvalue weighted by molar-refractivity contribution is 1.16. The van der Waals surface area contributed by atoms with Gasteiger partial charge >= 0.3 is 0 Å². The number of fused-ring (bicyclic) bond motifs is 6. The quantitative estimate of drug-likeness (QED) is 0.202. The van der Waals surface area contributed by atoms with E-state index < -0.39 is 0 Å². The van der Waals surface area contributed by atoms with Crippen LogP contribution in [0, 0.1) is 11.3 Å². The molecule has 0 fully saturated rings. The van der Waals surface area contributed by atoms with Gasteiger partial charge in [0.25, 0.3) is 0 Å². The van der Waals surface area contributed by atoms with E-state index in [0.717, 1.165) is 44.7 Å². The van der Waals surface area contributed by atoms with E-state index in [4.69, 9.17) is 0 Å². The molecule has 9 rings (SSSR count). The minimum absolute atomic E-state index is 0.640. The third-order valence-electron chi connectivity index (χ3n) is 9.16. The van der Waals surface area contributed by atoms with Crippen molar-refractivity contribution >= 4 is 43.6 Å². The van der Waals surface area contributed by atoms with Gasteiger partial charge in [-0.25, -0.2) is 0 Å². The van der Waals surface area contributed by atoms with Crippen molar-refractivity contribution in [3.8, 4) is 39.7 Å². The van der Waals surface area contributed by atoms with E-state index >= 15 is 0 Å². The van der Waals surface area contributed by atoms with Crippen LogP contribution in [0.5, 0.6) is 0 Å². The SMILES string of the molecule is N#Cc1cccc(-c2cccc(-n3c4ccccc4c4ccccc43)c2-c2ccccc2-n2c3ccccc3c3ccccc32)c1. The van der Waals surface area contributed by atoms with Crippen LogP contribution < -0.4 is 0 Å². The first-order chi connectivity index (χ1) is 22.8. The average molecular weight is 586 g/mol. The Labute approximate surface area is 266 Å². The molecule has 0 N–H and O–H groups in total. The standard InChI is InChI=1S/C43H27N3/c44-28-29-13-11-14-30(27-29)31-20-12-26-42(46-39-23-8-3-17-34(39)35-18-4-9-24-40(35)46)43(31)36-19-5-10-25-41(36)45-37-21-6-1-15-32(37)33-16-2-7-22-38(33)45/h1-27H. The summed E-state index contributed by atoms with van der Waals surface area (Å²) in [5, 5.41) is 14.7. The molecule has 0 aliphatic heterocycles. The van der Waals surface area contributed by atoms with E-state index in [-0.39, 0.29) is 0 Å². The van der Waals surface area contributed by atoms with Crippen LogP contribution in [0.3, 0.4) is 0 Å². The number of rotatable bonds is 4. The average Bonchev–Trinajstić information content (AvgIpc) is 3.64. The van der Waals surface area contributed by atoms with Crippen molar-refractivity contribution in [1.82, 2.24) is 9.13 Å². The van der Waals surface area contributed by atoms with E-state index in [1.165, 1.54) is 32.6 Å². The first-order valence-electron chi connectivity index (χ1n) is 15.5. The van der Waals surface area contributed by atoms with Crippen LogP contribution in [0.15, 0.2) is 164 Å². The Morgan fingerprint density at radius 2 is 0.826 bits per heavy atom. The number of benzene rings is 7. The van der Waals surface area contributed by atoms with Gasteiger partial charge in [-0.3, -0.25) is 0 Å². The van der Waals surface area contributed by atoms with Crippen LogP contribution in [0.2, 0.25) is 0 Å². The maximum absolute atomic E-state index is 9.85. The Morgan fingerprint density at radius 1 is 0.391 bits per heavy atom. The summed E-state index contributed by atoms with van der Waals surface area (Å²) in [6.45, 7) is 0. The van der Waals surface area contributed by atoms with Crippen molar-refractivity contribution < 1.29 is 0 Å². The molecule has 0 saturated heterocycles. The fraction of sp³-hybridized carbons (Fsp3) is 0. The maximum Gasteiger partial charge on any atom is 0.0991 e. The Kier molecular flexibility index (Phi) is 5.88. The molecule has 46 heavy (non-hydrogen) atoms. The molecule has 0 spiro atoms. The summed E-state index contributed by atoms with van der Waals surface area (Å²) in [6, 6.07) is 60.2. The Morgan fingerprint density at radius 3 is 1.39 bits per heavy atom. The third kappa shape index (κ3) is 3.84. The van der Waals surface area contributed by atoms with E-state index in [2.05, 4.69) is 161 Å². The lowest BCUT2D eigenvalue weighted by Crippen LogP contribution is -2.03. The molecule has 2 aromatic heterocycles. The number of hydrogen-bond donors (Lipinski definition) is 0. The summed E-state index contributed by atoms with van der Waals surface area (Å²) in [5.41, 5.74) is 11.8. The zero-order valence-electron chi connectivity index (χ0n) is 24.9. The van der Waals surface area contributed by atoms with E-state index in [1.807, 2.05) is 18.2 Å². The Balaban J connectivity index is 1.45. The maximum atomic E-state index is 9.85. The molecule has 214 valence electrons. The second-order valence-corrected chi connectivity index (χ2v) is 11.6. The van der Waals surface area contributed by atoms with Gasteiger partial charge < -0.3 is 9.13 Å². The molecule has 0 aliphatic rings. The first-order valence-corrected chi connectivity index (χ1v) is 15.5. The molecule has 7 aromatic carbocycles. The molecular formula is C43H27N3. The highest BCUT2D eigenvalue weighted by Crippen LogP contribution is 2.44. The van der Waals surface area contributed by atoms with Crippen molar-refractivity contribution in [3.63, 3.8) is 0 Å². The van der Waals surface area contributed by atoms with Crippen LogP contribution >= 0.6 is 0 Å². The van der Waals surface area contributed by atoms with Gasteiger partial charge in [-0.2, -0.15) is 5.26 Å². The normalized spacial score (nSPS) is 11.5. The van der Waals surface area contributed by atoms with Gasteiger partial charge in [0.2, 0.25) is 0 Å². The van der Waals surface area contributed by atoms with Crippen molar-refractivity contribution in [2.45, 2.75) is 0 Å². The Bertz CT molecular complexity index is 2560. The topological polar surface area (TPSA) is 33.6 Å². The molecule has 3 heteroatoms. The van der Waals surface area contributed by atoms with E-state index in [1.54, 1.807) is 0 Å². The number of aromatic nitrogens is 2. The van der Waals surface area contributed by atoms with Crippen molar-refractivity contribution in [2.24, 2.45) is 0 Å². The fourth-order valence-electron chi connectivity index (χ4n) is 7.25. The van der Waals surface area contributed by atoms with Crippen LogP contribution in [0.1, 0.15) is 5.56 Å². The van der Waals surface area contributed by atoms with E-state index in [0.29, 0.717) is 5.56 Å². The molecule has 0 unspecified atom stereocenters. The largest absolute Gasteiger partial charge is 0.309 e. The second kappa shape index (κ2) is 10.4. The molecule has 0 aliphatic carbocycles. The van der Waals surface area contributed by atoms with Gasteiger partial charge in [-0.15, -0.1) is 0 Å². The summed E-state index contributed by atoms with van der Waals surface area (Å²) in [7, 11) is 0. The van der Waals surface area contributed by atoms with Crippen molar-refractivity contribution in [1.29, 1.82) is 5.26 Å². The predicted molar refractivity (Wildman–Crippen MR) is 191 cm³/mol. The number of nitrogens with zero attached hydrogens (tertiary/aromatic N) is 3. The van der Waals surface area contributed by atoms with E-state index in [9.17, 15) is 5.26 Å². The molecule has 0 amide bonds. The van der Waals surface area contributed by atoms with Crippen molar-refractivity contribution in [3.05, 3.63) is 169 Å². The number of nitriles is 1. The third-order valence-corrected chi connectivity index (χ3v) is 9.16. The molecule has 2 heterocycles. The fourth-order valence-corrected chi connectivity index (χ4v) is 7.25. The van der Waals surface area contributed by atoms with Crippen LogP contribution in [-0.2, 0) is 0 Å². The highest BCUT2D eigenvalue weighted by molar-refractivity contribution is 6.12. The number of para-hydroxylation sites is 5. The number of hydrogen-bond acceptors (Lipinski definition) is 1. The van der Waals surface area contributed by atoms with Crippen LogP contribution in [-0.4, -0.2) is 9.13 Å². The molecular weight excluding hydrogens is 558 g/mol. The summed E-state index contributed by atoms with van der Waals surface area (Å²) >= 11 is 0. The zero-order valence-corrected chi connectivity index (χ0v) is 24.9. The van der Waals surface area contributed by atoms with Gasteiger partial charge in [0.15, 0.2) is 0 Å². The second-order valence-electron chi connectivity index (χ2n) is 11.6. The van der Waals surface area contributed by atoms with Crippen molar-refractivity contribution in [2.75, 3.05) is 0 Å². The van der Waals surface area contributed by atoms with Gasteiger partial charge in [0.05, 0.1) is 45.1 Å². The summed E-state index contributed by atoms with van der Waals surface area (Å²) < 4.78 is 4.80. The zero-order chi connectivity index (χ0) is 30.6. The lowest BCUT2D eigenvalue weighted by Gasteiger charge is -2.21. The van der Waals surface area contributed by atoms with Gasteiger partial charge in [-0.05, 0) is 59.7 Å². The monoisotopic (exact) mass is 585 g/mol. The molecule has 9 aromatic rings. The first kappa shape index (κ1) is 26.1. The molecule has 0 atom stereocenters. The highest BCUT2D eigenvalue weighted by atomic mass is 15.0. The highest BCUT2D eigenvalue weighted by Gasteiger charge is 2.22. The molecule has 0 bridgehead atoms.